The Bertz CT molecular complexity index is 1680. The SMILES string of the molecule is CCCCCCCC/C=C\CCCCCCCC(=O)OC(COC(=O)CCCCCCCC(O)C(CC(OC(=O)C=N)C(O)CCCCC)OC(=O)C=N)COC(=O)CCCCCCCC(OC(=O)C=N)C(O)CCCCCCCC. The number of unbranched alkanes of at least 4 members (excludes halogenated alkanes) is 26. The minimum absolute atomic E-state index is 0.103. The van der Waals surface area contributed by atoms with Crippen LogP contribution in [0.5, 0.6) is 0 Å². The number of nitrogens with one attached hydrogen (secondary N) is 3. The van der Waals surface area contributed by atoms with E-state index in [1.807, 2.05) is 6.92 Å². The third-order valence-electron chi connectivity index (χ3n) is 14.4. The molecule has 468 valence electrons. The Kier molecular flexibility index (Phi) is 51.6. The van der Waals surface area contributed by atoms with Gasteiger partial charge in [0.25, 0.3) is 0 Å². The molecule has 0 bridgehead atoms. The highest BCUT2D eigenvalue weighted by Crippen LogP contribution is 2.23. The summed E-state index contributed by atoms with van der Waals surface area (Å²) in [5.74, 6) is -4.15. The zero-order valence-corrected chi connectivity index (χ0v) is 50.4. The van der Waals surface area contributed by atoms with Gasteiger partial charge in [-0.1, -0.05) is 187 Å². The summed E-state index contributed by atoms with van der Waals surface area (Å²) in [6.45, 7) is 5.87. The van der Waals surface area contributed by atoms with Crippen LogP contribution < -0.4 is 0 Å². The maximum atomic E-state index is 13.0. The van der Waals surface area contributed by atoms with Crippen LogP contribution in [0.2, 0.25) is 0 Å². The van der Waals surface area contributed by atoms with Gasteiger partial charge in [0, 0.05) is 25.7 Å². The molecule has 0 aliphatic carbocycles. The molecule has 0 aliphatic heterocycles. The van der Waals surface area contributed by atoms with E-state index in [1.165, 1.54) is 51.4 Å². The maximum Gasteiger partial charge on any atom is 0.349 e. The van der Waals surface area contributed by atoms with E-state index >= 15 is 0 Å². The average Bonchev–Trinajstić information content (AvgIpc) is 3.46. The van der Waals surface area contributed by atoms with Gasteiger partial charge in [-0.05, 0) is 77.0 Å². The molecule has 0 aromatic carbocycles. The van der Waals surface area contributed by atoms with Crippen LogP contribution in [0.3, 0.4) is 0 Å². The zero-order valence-electron chi connectivity index (χ0n) is 50.4. The van der Waals surface area contributed by atoms with Gasteiger partial charge in [0.15, 0.2) is 6.10 Å². The van der Waals surface area contributed by atoms with Crippen molar-refractivity contribution < 1.29 is 72.5 Å². The molecule has 0 fully saturated rings. The fraction of sp³-hybridized carbons (Fsp3) is 0.825. The van der Waals surface area contributed by atoms with Crippen LogP contribution in [0.4, 0.5) is 0 Å². The summed E-state index contributed by atoms with van der Waals surface area (Å²) in [5.41, 5.74) is 0. The molecular formula is C63H111N3O15. The minimum Gasteiger partial charge on any atom is -0.462 e. The molecule has 0 saturated carbocycles. The number of carbonyl (C=O) groups excluding carboxylic acids is 6. The molecule has 81 heavy (non-hydrogen) atoms. The van der Waals surface area contributed by atoms with E-state index in [9.17, 15) is 44.1 Å². The van der Waals surface area contributed by atoms with Crippen LogP contribution >= 0.6 is 0 Å². The van der Waals surface area contributed by atoms with Gasteiger partial charge >= 0.3 is 35.8 Å². The van der Waals surface area contributed by atoms with Crippen LogP contribution in [0.25, 0.3) is 0 Å². The van der Waals surface area contributed by atoms with E-state index in [-0.39, 0.29) is 45.3 Å². The number of hydrogen-bond acceptors (Lipinski definition) is 18. The van der Waals surface area contributed by atoms with Crippen molar-refractivity contribution in [2.45, 2.75) is 320 Å². The highest BCUT2D eigenvalue weighted by atomic mass is 16.6. The Labute approximate surface area is 487 Å². The lowest BCUT2D eigenvalue weighted by Gasteiger charge is -2.29. The molecule has 18 heteroatoms. The molecule has 0 saturated heterocycles. The molecule has 0 radical (unpaired) electrons. The monoisotopic (exact) mass is 1150 g/mol. The van der Waals surface area contributed by atoms with E-state index in [0.29, 0.717) is 95.7 Å². The normalized spacial score (nSPS) is 14.0. The number of hydrogen-bond donors (Lipinski definition) is 6. The first-order valence-corrected chi connectivity index (χ1v) is 31.6. The maximum absolute atomic E-state index is 13.0. The summed E-state index contributed by atoms with van der Waals surface area (Å²) >= 11 is 0. The van der Waals surface area contributed by atoms with Crippen molar-refractivity contribution in [3.8, 4) is 0 Å². The van der Waals surface area contributed by atoms with E-state index in [4.69, 9.17) is 44.6 Å². The predicted molar refractivity (Wildman–Crippen MR) is 317 cm³/mol. The first-order valence-electron chi connectivity index (χ1n) is 31.6. The van der Waals surface area contributed by atoms with Gasteiger partial charge in [0.2, 0.25) is 0 Å². The lowest BCUT2D eigenvalue weighted by molar-refractivity contribution is -0.167. The molecule has 0 rings (SSSR count). The summed E-state index contributed by atoms with van der Waals surface area (Å²) in [4.78, 5) is 74.5. The average molecular weight is 1150 g/mol. The minimum atomic E-state index is -1.19. The summed E-state index contributed by atoms with van der Waals surface area (Å²) in [6, 6.07) is 0. The molecule has 7 atom stereocenters. The van der Waals surface area contributed by atoms with Crippen LogP contribution in [0.1, 0.15) is 278 Å². The van der Waals surface area contributed by atoms with E-state index in [2.05, 4.69) is 26.0 Å². The third-order valence-corrected chi connectivity index (χ3v) is 14.4. The molecule has 0 aromatic rings. The van der Waals surface area contributed by atoms with Gasteiger partial charge in [-0.3, -0.25) is 14.4 Å². The fourth-order valence-electron chi connectivity index (χ4n) is 9.49. The van der Waals surface area contributed by atoms with Crippen molar-refractivity contribution in [1.82, 2.24) is 0 Å². The second-order valence-corrected chi connectivity index (χ2v) is 21.8. The van der Waals surface area contributed by atoms with Crippen molar-refractivity contribution in [3.05, 3.63) is 12.2 Å². The van der Waals surface area contributed by atoms with E-state index in [0.717, 1.165) is 96.3 Å². The van der Waals surface area contributed by atoms with Gasteiger partial charge in [0.05, 0.1) is 18.3 Å². The second kappa shape index (κ2) is 54.7. The number of allylic oxidation sites excluding steroid dienone is 2. The van der Waals surface area contributed by atoms with Gasteiger partial charge < -0.3 is 60.0 Å². The summed E-state index contributed by atoms with van der Waals surface area (Å²) in [5, 5.41) is 54.3. The highest BCUT2D eigenvalue weighted by Gasteiger charge is 2.32. The molecule has 0 amide bonds. The van der Waals surface area contributed by atoms with Crippen molar-refractivity contribution in [1.29, 1.82) is 16.2 Å². The lowest BCUT2D eigenvalue weighted by atomic mass is 9.96. The number of carbonyl (C=O) groups is 6. The summed E-state index contributed by atoms with van der Waals surface area (Å²) in [7, 11) is 0. The van der Waals surface area contributed by atoms with E-state index in [1.54, 1.807) is 0 Å². The first kappa shape index (κ1) is 76.5. The van der Waals surface area contributed by atoms with Crippen molar-refractivity contribution in [3.63, 3.8) is 0 Å². The summed E-state index contributed by atoms with van der Waals surface area (Å²) in [6.07, 6.45) is 31.1. The van der Waals surface area contributed by atoms with Crippen LogP contribution in [0.15, 0.2) is 12.2 Å². The largest absolute Gasteiger partial charge is 0.462 e. The number of ether oxygens (including phenoxy) is 6. The molecule has 0 spiro atoms. The van der Waals surface area contributed by atoms with E-state index < -0.39 is 78.5 Å². The van der Waals surface area contributed by atoms with Gasteiger partial charge in [0.1, 0.15) is 50.2 Å². The van der Waals surface area contributed by atoms with Gasteiger partial charge in [-0.25, -0.2) is 14.4 Å². The summed E-state index contributed by atoms with van der Waals surface area (Å²) < 4.78 is 32.7. The topological polar surface area (TPSA) is 290 Å². The molecule has 0 aliphatic rings. The van der Waals surface area contributed by atoms with Crippen molar-refractivity contribution in [2.24, 2.45) is 0 Å². The molecule has 0 aromatic heterocycles. The second-order valence-electron chi connectivity index (χ2n) is 21.8. The molecule has 7 unspecified atom stereocenters. The Balaban J connectivity index is 5.13. The lowest BCUT2D eigenvalue weighted by Crippen LogP contribution is -2.41. The molecule has 6 N–H and O–H groups in total. The Hall–Kier alpha value is -4.55. The number of esters is 6. The standard InChI is InChI=1S/C63H111N3O15/c1-4-7-10-12-14-15-16-17-18-19-20-21-22-28-37-44-60(72)78-51(50-77-59(71)43-36-30-24-27-34-41-55(79-61(73)46-64)52(67)39-32-25-13-11-8-5-2)49-76-58(70)42-35-29-23-26-33-40-54(69)57(81-63(75)48-66)45-56(80-62(74)47-65)53(68)38-31-9-6-3/h17-18,46-48,51-57,64-69H,4-16,19-45,49-50H2,1-3H3/b18-17-,64-46?,65-47?,66-48?. The Morgan fingerprint density at radius 2 is 0.654 bits per heavy atom. The van der Waals surface area contributed by atoms with Gasteiger partial charge in [-0.2, -0.15) is 0 Å². The quantitative estimate of drug-likeness (QED) is 0.0108. The highest BCUT2D eigenvalue weighted by molar-refractivity contribution is 6.22. The van der Waals surface area contributed by atoms with Crippen LogP contribution in [-0.4, -0.2) is 126 Å². The Morgan fingerprint density at radius 1 is 0.358 bits per heavy atom. The van der Waals surface area contributed by atoms with Crippen LogP contribution in [-0.2, 0) is 57.2 Å². The first-order chi connectivity index (χ1) is 39.2. The number of aliphatic hydroxyl groups excluding tert-OH is 3. The van der Waals surface area contributed by atoms with Crippen molar-refractivity contribution >= 4 is 54.5 Å². The molecule has 0 heterocycles. The zero-order chi connectivity index (χ0) is 60.0. The smallest absolute Gasteiger partial charge is 0.349 e. The van der Waals surface area contributed by atoms with Crippen LogP contribution in [0, 0.1) is 16.2 Å². The number of rotatable bonds is 58. The Morgan fingerprint density at radius 3 is 1.05 bits per heavy atom. The number of aliphatic hydroxyl groups is 3. The van der Waals surface area contributed by atoms with Gasteiger partial charge in [-0.15, -0.1) is 0 Å². The molecule has 18 nitrogen and oxygen atoms in total. The fourth-order valence-corrected chi connectivity index (χ4v) is 9.49. The molecular weight excluding hydrogens is 1040 g/mol. The third kappa shape index (κ3) is 46.6. The van der Waals surface area contributed by atoms with Crippen molar-refractivity contribution in [2.75, 3.05) is 13.2 Å². The predicted octanol–water partition coefficient (Wildman–Crippen LogP) is 13.0.